The van der Waals surface area contributed by atoms with Crippen molar-refractivity contribution in [1.29, 1.82) is 0 Å². The Morgan fingerprint density at radius 2 is 1.93 bits per heavy atom. The number of amides is 1. The summed E-state index contributed by atoms with van der Waals surface area (Å²) in [6.45, 7) is 8.17. The van der Waals surface area contributed by atoms with Gasteiger partial charge < -0.3 is 19.4 Å². The fourth-order valence-electron chi connectivity index (χ4n) is 3.34. The highest BCUT2D eigenvalue weighted by Crippen LogP contribution is 2.38. The van der Waals surface area contributed by atoms with Crippen LogP contribution in [0.5, 0.6) is 5.75 Å². The minimum absolute atomic E-state index is 0.386. The van der Waals surface area contributed by atoms with Crippen LogP contribution in [-0.4, -0.2) is 29.2 Å². The standard InChI is InChI=1S/C23H28N2O4/c1-5-28-21-11-7-19(8-12-21)24-23(27)17(4)29-22(26)13-6-18-14-15(2)25(16(18)3)20-9-10-20/h6-8,11-14,17,20H,5,9-10H2,1-4H3,(H,24,27)/b13-6+/t17-/m0/s1. The number of aryl methyl sites for hydroxylation is 1. The van der Waals surface area contributed by atoms with Crippen molar-refractivity contribution in [1.82, 2.24) is 4.57 Å². The number of nitrogens with zero attached hydrogens (tertiary/aromatic N) is 1. The molecule has 1 fully saturated rings. The number of benzene rings is 1. The summed E-state index contributed by atoms with van der Waals surface area (Å²) in [7, 11) is 0. The lowest BCUT2D eigenvalue weighted by molar-refractivity contribution is -0.148. The van der Waals surface area contributed by atoms with Gasteiger partial charge in [0.15, 0.2) is 6.10 Å². The zero-order chi connectivity index (χ0) is 21.0. The summed E-state index contributed by atoms with van der Waals surface area (Å²) in [6.07, 6.45) is 4.64. The molecular formula is C23H28N2O4. The van der Waals surface area contributed by atoms with Crippen molar-refractivity contribution in [2.45, 2.75) is 52.7 Å². The average Bonchev–Trinajstić information content (AvgIpc) is 3.47. The summed E-state index contributed by atoms with van der Waals surface area (Å²) < 4.78 is 12.9. The van der Waals surface area contributed by atoms with E-state index in [1.807, 2.05) is 6.92 Å². The molecule has 0 radical (unpaired) electrons. The number of hydrogen-bond donors (Lipinski definition) is 1. The minimum Gasteiger partial charge on any atom is -0.494 e. The molecule has 1 heterocycles. The van der Waals surface area contributed by atoms with Gasteiger partial charge in [0.2, 0.25) is 0 Å². The number of carbonyl (C=O) groups excluding carboxylic acids is 2. The maximum Gasteiger partial charge on any atom is 0.331 e. The van der Waals surface area contributed by atoms with Crippen LogP contribution >= 0.6 is 0 Å². The summed E-state index contributed by atoms with van der Waals surface area (Å²) in [5.74, 6) is -0.199. The number of anilines is 1. The smallest absolute Gasteiger partial charge is 0.331 e. The molecule has 3 rings (SSSR count). The number of hydrogen-bond acceptors (Lipinski definition) is 4. The molecule has 0 aliphatic heterocycles. The molecule has 0 spiro atoms. The van der Waals surface area contributed by atoms with Crippen molar-refractivity contribution < 1.29 is 19.1 Å². The Labute approximate surface area is 171 Å². The fourth-order valence-corrected chi connectivity index (χ4v) is 3.34. The van der Waals surface area contributed by atoms with E-state index in [0.29, 0.717) is 18.3 Å². The molecule has 1 N–H and O–H groups in total. The number of rotatable bonds is 8. The number of carbonyl (C=O) groups is 2. The topological polar surface area (TPSA) is 69.6 Å². The van der Waals surface area contributed by atoms with Crippen molar-refractivity contribution in [3.05, 3.63) is 53.4 Å². The quantitative estimate of drug-likeness (QED) is 0.530. The van der Waals surface area contributed by atoms with E-state index in [1.165, 1.54) is 24.6 Å². The van der Waals surface area contributed by atoms with E-state index in [9.17, 15) is 9.59 Å². The summed E-state index contributed by atoms with van der Waals surface area (Å²) in [6, 6.07) is 9.70. The van der Waals surface area contributed by atoms with Gasteiger partial charge in [-0.3, -0.25) is 4.79 Å². The van der Waals surface area contributed by atoms with Gasteiger partial charge in [-0.05, 0) is 82.5 Å². The Kier molecular flexibility index (Phi) is 6.42. The maximum absolute atomic E-state index is 12.3. The Bertz CT molecular complexity index is 908. The molecule has 1 atom stereocenters. The molecule has 0 saturated heterocycles. The first-order valence-corrected chi connectivity index (χ1v) is 10.00. The van der Waals surface area contributed by atoms with Crippen LogP contribution in [0.25, 0.3) is 6.08 Å². The molecule has 1 aliphatic rings. The molecule has 1 aliphatic carbocycles. The van der Waals surface area contributed by atoms with Crippen LogP contribution in [0.2, 0.25) is 0 Å². The SMILES string of the molecule is CCOc1ccc(NC(=O)[C@H](C)OC(=O)/C=C/c2cc(C)n(C3CC3)c2C)cc1. The van der Waals surface area contributed by atoms with Gasteiger partial charge in [-0.1, -0.05) is 0 Å². The molecule has 6 heteroatoms. The van der Waals surface area contributed by atoms with Crippen LogP contribution in [0.15, 0.2) is 36.4 Å². The molecule has 1 aromatic heterocycles. The second kappa shape index (κ2) is 8.99. The highest BCUT2D eigenvalue weighted by Gasteiger charge is 2.26. The normalized spacial score (nSPS) is 14.6. The lowest BCUT2D eigenvalue weighted by atomic mass is 10.2. The number of aromatic nitrogens is 1. The predicted octanol–water partition coefficient (Wildman–Crippen LogP) is 4.42. The van der Waals surface area contributed by atoms with Crippen LogP contribution in [0.4, 0.5) is 5.69 Å². The molecule has 0 bridgehead atoms. The molecule has 1 aromatic carbocycles. The molecule has 0 unspecified atom stereocenters. The van der Waals surface area contributed by atoms with Gasteiger partial charge in [0, 0.05) is 29.2 Å². The Morgan fingerprint density at radius 1 is 1.24 bits per heavy atom. The Hall–Kier alpha value is -3.02. The zero-order valence-corrected chi connectivity index (χ0v) is 17.4. The van der Waals surface area contributed by atoms with Crippen LogP contribution in [0.1, 0.15) is 49.7 Å². The third-order valence-corrected chi connectivity index (χ3v) is 4.93. The first-order chi connectivity index (χ1) is 13.9. The first kappa shape index (κ1) is 20.7. The van der Waals surface area contributed by atoms with Gasteiger partial charge in [0.25, 0.3) is 5.91 Å². The zero-order valence-electron chi connectivity index (χ0n) is 17.4. The van der Waals surface area contributed by atoms with E-state index < -0.39 is 12.1 Å². The largest absolute Gasteiger partial charge is 0.494 e. The second-order valence-corrected chi connectivity index (χ2v) is 7.29. The van der Waals surface area contributed by atoms with Crippen LogP contribution in [0.3, 0.4) is 0 Å². The molecule has 29 heavy (non-hydrogen) atoms. The molecule has 6 nitrogen and oxygen atoms in total. The molecule has 154 valence electrons. The molecular weight excluding hydrogens is 368 g/mol. The lowest BCUT2D eigenvalue weighted by Gasteiger charge is -2.12. The number of esters is 1. The van der Waals surface area contributed by atoms with E-state index in [-0.39, 0.29) is 5.91 Å². The lowest BCUT2D eigenvalue weighted by Crippen LogP contribution is -2.29. The van der Waals surface area contributed by atoms with Crippen molar-refractivity contribution in [3.8, 4) is 5.75 Å². The third kappa shape index (κ3) is 5.28. The van der Waals surface area contributed by atoms with Crippen LogP contribution < -0.4 is 10.1 Å². The number of nitrogens with one attached hydrogen (secondary N) is 1. The van der Waals surface area contributed by atoms with Crippen LogP contribution in [0, 0.1) is 13.8 Å². The Morgan fingerprint density at radius 3 is 2.55 bits per heavy atom. The van der Waals surface area contributed by atoms with Gasteiger partial charge in [-0.2, -0.15) is 0 Å². The second-order valence-electron chi connectivity index (χ2n) is 7.29. The average molecular weight is 396 g/mol. The maximum atomic E-state index is 12.3. The summed E-state index contributed by atoms with van der Waals surface area (Å²) in [5, 5.41) is 2.73. The van der Waals surface area contributed by atoms with Crippen molar-refractivity contribution in [3.63, 3.8) is 0 Å². The van der Waals surface area contributed by atoms with E-state index in [0.717, 1.165) is 17.0 Å². The van der Waals surface area contributed by atoms with Crippen molar-refractivity contribution in [2.75, 3.05) is 11.9 Å². The van der Waals surface area contributed by atoms with Gasteiger partial charge in [-0.25, -0.2) is 4.79 Å². The highest BCUT2D eigenvalue weighted by molar-refractivity contribution is 5.96. The monoisotopic (exact) mass is 396 g/mol. The van der Waals surface area contributed by atoms with Gasteiger partial charge in [0.1, 0.15) is 5.75 Å². The van der Waals surface area contributed by atoms with E-state index in [2.05, 4.69) is 29.8 Å². The molecule has 1 amide bonds. The Balaban J connectivity index is 1.53. The fraction of sp³-hybridized carbons (Fsp3) is 0.391. The van der Waals surface area contributed by atoms with Gasteiger partial charge in [0.05, 0.1) is 6.61 Å². The third-order valence-electron chi connectivity index (χ3n) is 4.93. The molecule has 1 saturated carbocycles. The minimum atomic E-state index is -0.905. The first-order valence-electron chi connectivity index (χ1n) is 10.00. The number of ether oxygens (including phenoxy) is 2. The van der Waals surface area contributed by atoms with Crippen molar-refractivity contribution >= 4 is 23.6 Å². The van der Waals surface area contributed by atoms with Gasteiger partial charge in [-0.15, -0.1) is 0 Å². The van der Waals surface area contributed by atoms with E-state index in [1.54, 1.807) is 37.3 Å². The van der Waals surface area contributed by atoms with E-state index >= 15 is 0 Å². The summed E-state index contributed by atoms with van der Waals surface area (Å²) >= 11 is 0. The molecule has 2 aromatic rings. The summed E-state index contributed by atoms with van der Waals surface area (Å²) in [5.41, 5.74) is 3.96. The summed E-state index contributed by atoms with van der Waals surface area (Å²) in [4.78, 5) is 24.4. The van der Waals surface area contributed by atoms with Crippen LogP contribution in [-0.2, 0) is 14.3 Å². The van der Waals surface area contributed by atoms with Gasteiger partial charge >= 0.3 is 5.97 Å². The highest BCUT2D eigenvalue weighted by atomic mass is 16.5. The van der Waals surface area contributed by atoms with Crippen molar-refractivity contribution in [2.24, 2.45) is 0 Å². The predicted molar refractivity (Wildman–Crippen MR) is 113 cm³/mol. The van der Waals surface area contributed by atoms with E-state index in [4.69, 9.17) is 9.47 Å².